The van der Waals surface area contributed by atoms with E-state index in [0.29, 0.717) is 6.54 Å². The number of piperazine rings is 1. The number of hydrogen-bond acceptors (Lipinski definition) is 4. The van der Waals surface area contributed by atoms with Crippen molar-refractivity contribution in [1.82, 2.24) is 10.2 Å². The van der Waals surface area contributed by atoms with Crippen LogP contribution in [0, 0.1) is 0 Å². The molecule has 0 atom stereocenters. The van der Waals surface area contributed by atoms with Crippen molar-refractivity contribution in [3.8, 4) is 5.75 Å². The summed E-state index contributed by atoms with van der Waals surface area (Å²) in [5, 5.41) is 2.66. The molecular weight excluding hydrogens is 242 g/mol. The van der Waals surface area contributed by atoms with Gasteiger partial charge in [0.1, 0.15) is 5.75 Å². The van der Waals surface area contributed by atoms with E-state index in [9.17, 15) is 4.79 Å². The number of ether oxygens (including phenoxy) is 1. The predicted molar refractivity (Wildman–Crippen MR) is 75.7 cm³/mol. The van der Waals surface area contributed by atoms with E-state index in [1.807, 2.05) is 18.2 Å². The van der Waals surface area contributed by atoms with Gasteiger partial charge in [0.15, 0.2) is 0 Å². The molecule has 1 N–H and O–H groups in total. The number of likely N-dealkylation sites (N-methyl/N-ethyl adjacent to an activating group) is 1. The molecule has 1 saturated heterocycles. The number of anilines is 1. The third-order valence-corrected chi connectivity index (χ3v) is 3.44. The zero-order valence-corrected chi connectivity index (χ0v) is 11.6. The highest BCUT2D eigenvalue weighted by Gasteiger charge is 2.20. The van der Waals surface area contributed by atoms with Gasteiger partial charge in [0, 0.05) is 33.2 Å². The lowest BCUT2D eigenvalue weighted by Crippen LogP contribution is -2.49. The molecular formula is C14H21N3O2. The zero-order valence-electron chi connectivity index (χ0n) is 11.6. The number of carbonyl (C=O) groups is 1. The first kappa shape index (κ1) is 13.7. The summed E-state index contributed by atoms with van der Waals surface area (Å²) in [6.07, 6.45) is 0. The fraction of sp³-hybridized carbons (Fsp3) is 0.500. The van der Waals surface area contributed by atoms with Gasteiger partial charge in [-0.15, -0.1) is 0 Å². The molecule has 1 fully saturated rings. The van der Waals surface area contributed by atoms with Gasteiger partial charge in [0.25, 0.3) is 0 Å². The highest BCUT2D eigenvalue weighted by atomic mass is 16.5. The Morgan fingerprint density at radius 2 is 1.95 bits per heavy atom. The van der Waals surface area contributed by atoms with Crippen LogP contribution < -0.4 is 15.0 Å². The lowest BCUT2D eigenvalue weighted by atomic mass is 10.2. The Morgan fingerprint density at radius 1 is 1.26 bits per heavy atom. The van der Waals surface area contributed by atoms with Crippen molar-refractivity contribution in [2.24, 2.45) is 0 Å². The van der Waals surface area contributed by atoms with Crippen LogP contribution in [-0.4, -0.2) is 57.7 Å². The van der Waals surface area contributed by atoms with Crippen LogP contribution in [0.15, 0.2) is 24.3 Å². The Balaban J connectivity index is 1.94. The summed E-state index contributed by atoms with van der Waals surface area (Å²) in [6, 6.07) is 8.05. The molecule has 104 valence electrons. The molecule has 1 aliphatic heterocycles. The van der Waals surface area contributed by atoms with Crippen LogP contribution in [-0.2, 0) is 4.79 Å². The van der Waals surface area contributed by atoms with Crippen molar-refractivity contribution in [1.29, 1.82) is 0 Å². The summed E-state index contributed by atoms with van der Waals surface area (Å²) in [7, 11) is 3.37. The fourth-order valence-electron chi connectivity index (χ4n) is 2.32. The van der Waals surface area contributed by atoms with Gasteiger partial charge < -0.3 is 15.0 Å². The summed E-state index contributed by atoms with van der Waals surface area (Å²) in [6.45, 7) is 4.10. The molecule has 0 spiro atoms. The molecule has 0 aliphatic carbocycles. The topological polar surface area (TPSA) is 44.8 Å². The van der Waals surface area contributed by atoms with Crippen molar-refractivity contribution in [3.05, 3.63) is 24.3 Å². The highest BCUT2D eigenvalue weighted by molar-refractivity contribution is 5.77. The van der Waals surface area contributed by atoms with Crippen LogP contribution in [0.25, 0.3) is 0 Å². The first-order chi connectivity index (χ1) is 9.24. The second kappa shape index (κ2) is 6.43. The predicted octanol–water partition coefficient (Wildman–Crippen LogP) is 0.563. The lowest BCUT2D eigenvalue weighted by molar-refractivity contribution is -0.121. The minimum absolute atomic E-state index is 0.0748. The molecule has 2 rings (SSSR count). The van der Waals surface area contributed by atoms with Gasteiger partial charge in [-0.3, -0.25) is 9.69 Å². The maximum absolute atomic E-state index is 11.3. The SMILES string of the molecule is CNC(=O)CN1CCN(c2ccccc2OC)CC1. The number of nitrogens with one attached hydrogen (secondary N) is 1. The average Bonchev–Trinajstić information content (AvgIpc) is 2.48. The maximum atomic E-state index is 11.3. The molecule has 19 heavy (non-hydrogen) atoms. The van der Waals surface area contributed by atoms with Gasteiger partial charge in [-0.05, 0) is 12.1 Å². The standard InChI is InChI=1S/C14H21N3O2/c1-15-14(18)11-16-7-9-17(10-8-16)12-5-3-4-6-13(12)19-2/h3-6H,7-11H2,1-2H3,(H,15,18). The minimum atomic E-state index is 0.0748. The third kappa shape index (κ3) is 3.38. The normalized spacial score (nSPS) is 16.2. The largest absolute Gasteiger partial charge is 0.495 e. The zero-order chi connectivity index (χ0) is 13.7. The molecule has 0 radical (unpaired) electrons. The summed E-state index contributed by atoms with van der Waals surface area (Å²) in [5.41, 5.74) is 1.13. The molecule has 1 aromatic carbocycles. The Kier molecular flexibility index (Phi) is 4.63. The smallest absolute Gasteiger partial charge is 0.233 e. The van der Waals surface area contributed by atoms with Crippen molar-refractivity contribution < 1.29 is 9.53 Å². The fourth-order valence-corrected chi connectivity index (χ4v) is 2.32. The monoisotopic (exact) mass is 263 g/mol. The average molecular weight is 263 g/mol. The van der Waals surface area contributed by atoms with Crippen molar-refractivity contribution >= 4 is 11.6 Å². The van der Waals surface area contributed by atoms with Crippen LogP contribution in [0.4, 0.5) is 5.69 Å². The molecule has 0 unspecified atom stereocenters. The summed E-state index contributed by atoms with van der Waals surface area (Å²) >= 11 is 0. The second-order valence-corrected chi connectivity index (χ2v) is 4.61. The van der Waals surface area contributed by atoms with Crippen LogP contribution in [0.5, 0.6) is 5.75 Å². The number of carbonyl (C=O) groups excluding carboxylic acids is 1. The van der Waals surface area contributed by atoms with E-state index in [1.165, 1.54) is 0 Å². The summed E-state index contributed by atoms with van der Waals surface area (Å²) < 4.78 is 5.39. The highest BCUT2D eigenvalue weighted by Crippen LogP contribution is 2.28. The van der Waals surface area contributed by atoms with E-state index in [-0.39, 0.29) is 5.91 Å². The third-order valence-electron chi connectivity index (χ3n) is 3.44. The van der Waals surface area contributed by atoms with E-state index >= 15 is 0 Å². The van der Waals surface area contributed by atoms with Crippen LogP contribution in [0.3, 0.4) is 0 Å². The van der Waals surface area contributed by atoms with E-state index in [4.69, 9.17) is 4.74 Å². The second-order valence-electron chi connectivity index (χ2n) is 4.61. The van der Waals surface area contributed by atoms with Crippen molar-refractivity contribution in [2.75, 3.05) is 51.8 Å². The van der Waals surface area contributed by atoms with Gasteiger partial charge >= 0.3 is 0 Å². The molecule has 5 nitrogen and oxygen atoms in total. The number of para-hydroxylation sites is 2. The number of rotatable bonds is 4. The maximum Gasteiger partial charge on any atom is 0.233 e. The van der Waals surface area contributed by atoms with E-state index in [1.54, 1.807) is 14.2 Å². The molecule has 5 heteroatoms. The summed E-state index contributed by atoms with van der Waals surface area (Å²) in [5.74, 6) is 0.980. The molecule has 0 saturated carbocycles. The minimum Gasteiger partial charge on any atom is -0.495 e. The quantitative estimate of drug-likeness (QED) is 0.862. The number of hydrogen-bond donors (Lipinski definition) is 1. The van der Waals surface area contributed by atoms with Gasteiger partial charge in [-0.25, -0.2) is 0 Å². The van der Waals surface area contributed by atoms with E-state index in [0.717, 1.165) is 37.6 Å². The van der Waals surface area contributed by atoms with Crippen LogP contribution in [0.1, 0.15) is 0 Å². The first-order valence-corrected chi connectivity index (χ1v) is 6.55. The molecule has 1 heterocycles. The Bertz CT molecular complexity index is 428. The van der Waals surface area contributed by atoms with Crippen LogP contribution >= 0.6 is 0 Å². The van der Waals surface area contributed by atoms with Crippen molar-refractivity contribution in [2.45, 2.75) is 0 Å². The lowest BCUT2D eigenvalue weighted by Gasteiger charge is -2.36. The van der Waals surface area contributed by atoms with Gasteiger partial charge in [0.05, 0.1) is 19.3 Å². The molecule has 0 bridgehead atoms. The number of methoxy groups -OCH3 is 1. The Labute approximate surface area is 114 Å². The van der Waals surface area contributed by atoms with Gasteiger partial charge in [-0.2, -0.15) is 0 Å². The molecule has 1 aromatic rings. The Morgan fingerprint density at radius 3 is 2.58 bits per heavy atom. The number of benzene rings is 1. The van der Waals surface area contributed by atoms with Crippen molar-refractivity contribution in [3.63, 3.8) is 0 Å². The van der Waals surface area contributed by atoms with E-state index < -0.39 is 0 Å². The first-order valence-electron chi connectivity index (χ1n) is 6.55. The summed E-state index contributed by atoms with van der Waals surface area (Å²) in [4.78, 5) is 15.8. The number of amides is 1. The molecule has 1 aliphatic rings. The van der Waals surface area contributed by atoms with Crippen LogP contribution in [0.2, 0.25) is 0 Å². The molecule has 0 aromatic heterocycles. The van der Waals surface area contributed by atoms with Gasteiger partial charge in [0.2, 0.25) is 5.91 Å². The molecule has 1 amide bonds. The van der Waals surface area contributed by atoms with E-state index in [2.05, 4.69) is 21.2 Å². The number of nitrogens with zero attached hydrogens (tertiary/aromatic N) is 2. The Hall–Kier alpha value is -1.75. The van der Waals surface area contributed by atoms with Gasteiger partial charge in [-0.1, -0.05) is 12.1 Å².